The molecular weight excluding hydrogens is 262 g/mol. The summed E-state index contributed by atoms with van der Waals surface area (Å²) in [4.78, 5) is 27.0. The van der Waals surface area contributed by atoms with Gasteiger partial charge in [0.2, 0.25) is 0 Å². The third kappa shape index (κ3) is 3.83. The standard InChI is InChI=1S/C13H25N3O4/c1-5-13(2,11(18)19)14-12(20)16-8-10(17)6-9(16)7-15(3)4/h9-10,17H,5-8H2,1-4H3,(H,14,20)(H,18,19). The number of hydrogen-bond acceptors (Lipinski definition) is 4. The lowest BCUT2D eigenvalue weighted by Crippen LogP contribution is -2.57. The van der Waals surface area contributed by atoms with E-state index >= 15 is 0 Å². The first-order valence-corrected chi connectivity index (χ1v) is 6.84. The molecule has 20 heavy (non-hydrogen) atoms. The van der Waals surface area contributed by atoms with Gasteiger partial charge < -0.3 is 25.3 Å². The number of carboxylic acids is 1. The van der Waals surface area contributed by atoms with Crippen LogP contribution in [-0.4, -0.2) is 76.9 Å². The number of carbonyl (C=O) groups excluding carboxylic acids is 1. The summed E-state index contributed by atoms with van der Waals surface area (Å²) in [6, 6.07) is -0.532. The minimum absolute atomic E-state index is 0.102. The van der Waals surface area contributed by atoms with Crippen LogP contribution >= 0.6 is 0 Å². The molecule has 3 atom stereocenters. The molecule has 3 N–H and O–H groups in total. The fourth-order valence-corrected chi connectivity index (χ4v) is 2.34. The predicted molar refractivity (Wildman–Crippen MR) is 74.5 cm³/mol. The molecule has 0 saturated carbocycles. The number of likely N-dealkylation sites (tertiary alicyclic amines) is 1. The summed E-state index contributed by atoms with van der Waals surface area (Å²) in [7, 11) is 3.79. The maximum absolute atomic E-state index is 12.3. The number of hydrogen-bond donors (Lipinski definition) is 3. The molecule has 3 unspecified atom stereocenters. The van der Waals surface area contributed by atoms with Crippen molar-refractivity contribution in [2.45, 2.75) is 44.4 Å². The molecule has 1 saturated heterocycles. The van der Waals surface area contributed by atoms with Gasteiger partial charge in [-0.1, -0.05) is 6.92 Å². The molecule has 1 rings (SSSR count). The van der Waals surface area contributed by atoms with Crippen LogP contribution in [0.4, 0.5) is 4.79 Å². The maximum atomic E-state index is 12.3. The Labute approximate surface area is 119 Å². The molecule has 1 fully saturated rings. The van der Waals surface area contributed by atoms with Crippen molar-refractivity contribution in [1.29, 1.82) is 0 Å². The first-order valence-electron chi connectivity index (χ1n) is 6.84. The summed E-state index contributed by atoms with van der Waals surface area (Å²) >= 11 is 0. The van der Waals surface area contributed by atoms with Crippen LogP contribution in [0, 0.1) is 0 Å². The molecule has 2 amide bonds. The van der Waals surface area contributed by atoms with Gasteiger partial charge in [0, 0.05) is 19.1 Å². The predicted octanol–water partition coefficient (Wildman–Crippen LogP) is -0.0539. The SMILES string of the molecule is CCC(C)(NC(=O)N1CC(O)CC1CN(C)C)C(=O)O. The lowest BCUT2D eigenvalue weighted by atomic mass is 10.00. The maximum Gasteiger partial charge on any atom is 0.329 e. The Bertz CT molecular complexity index is 375. The first-order chi connectivity index (χ1) is 9.19. The molecule has 0 spiro atoms. The molecule has 0 aromatic carbocycles. The fraction of sp³-hybridized carbons (Fsp3) is 0.846. The van der Waals surface area contributed by atoms with Crippen LogP contribution in [0.25, 0.3) is 0 Å². The topological polar surface area (TPSA) is 93.1 Å². The van der Waals surface area contributed by atoms with Crippen LogP contribution in [0.15, 0.2) is 0 Å². The summed E-state index contributed by atoms with van der Waals surface area (Å²) < 4.78 is 0. The Morgan fingerprint density at radius 3 is 2.50 bits per heavy atom. The first kappa shape index (κ1) is 16.7. The largest absolute Gasteiger partial charge is 0.480 e. The average Bonchev–Trinajstić information content (AvgIpc) is 2.68. The van der Waals surface area contributed by atoms with Gasteiger partial charge in [-0.2, -0.15) is 0 Å². The quantitative estimate of drug-likeness (QED) is 0.659. The Hall–Kier alpha value is -1.34. The molecule has 0 aromatic rings. The summed E-state index contributed by atoms with van der Waals surface area (Å²) in [5, 5.41) is 21.5. The van der Waals surface area contributed by atoms with E-state index in [2.05, 4.69) is 5.32 Å². The van der Waals surface area contributed by atoms with Crippen molar-refractivity contribution in [3.63, 3.8) is 0 Å². The van der Waals surface area contributed by atoms with E-state index in [4.69, 9.17) is 0 Å². The van der Waals surface area contributed by atoms with Crippen molar-refractivity contribution in [3.8, 4) is 0 Å². The van der Waals surface area contributed by atoms with Crippen LogP contribution in [0.5, 0.6) is 0 Å². The van der Waals surface area contributed by atoms with Gasteiger partial charge in [0.25, 0.3) is 0 Å². The monoisotopic (exact) mass is 287 g/mol. The van der Waals surface area contributed by atoms with Gasteiger partial charge in [0.1, 0.15) is 5.54 Å². The van der Waals surface area contributed by atoms with Gasteiger partial charge in [-0.3, -0.25) is 0 Å². The molecule has 0 aromatic heterocycles. The molecule has 116 valence electrons. The van der Waals surface area contributed by atoms with Crippen molar-refractivity contribution in [2.75, 3.05) is 27.2 Å². The lowest BCUT2D eigenvalue weighted by molar-refractivity contribution is -0.143. The van der Waals surface area contributed by atoms with Crippen LogP contribution in [0.3, 0.4) is 0 Å². The number of urea groups is 1. The summed E-state index contributed by atoms with van der Waals surface area (Å²) in [5.74, 6) is -1.06. The lowest BCUT2D eigenvalue weighted by Gasteiger charge is -2.31. The van der Waals surface area contributed by atoms with E-state index < -0.39 is 23.6 Å². The number of aliphatic hydroxyl groups is 1. The molecule has 7 nitrogen and oxygen atoms in total. The van der Waals surface area contributed by atoms with E-state index in [1.54, 1.807) is 6.92 Å². The average molecular weight is 287 g/mol. The van der Waals surface area contributed by atoms with E-state index in [1.807, 2.05) is 19.0 Å². The van der Waals surface area contributed by atoms with E-state index in [9.17, 15) is 19.8 Å². The molecule has 1 aliphatic heterocycles. The number of rotatable bonds is 5. The van der Waals surface area contributed by atoms with Crippen LogP contribution in [-0.2, 0) is 4.79 Å². The molecule has 0 aliphatic carbocycles. The highest BCUT2D eigenvalue weighted by atomic mass is 16.4. The second-order valence-corrected chi connectivity index (χ2v) is 5.88. The van der Waals surface area contributed by atoms with Gasteiger partial charge in [-0.15, -0.1) is 0 Å². The van der Waals surface area contributed by atoms with Crippen molar-refractivity contribution < 1.29 is 19.8 Å². The van der Waals surface area contributed by atoms with Gasteiger partial charge in [-0.05, 0) is 33.9 Å². The summed E-state index contributed by atoms with van der Waals surface area (Å²) in [6.07, 6.45) is 0.257. The second-order valence-electron chi connectivity index (χ2n) is 5.88. The summed E-state index contributed by atoms with van der Waals surface area (Å²) in [5.41, 5.74) is -1.28. The number of amides is 2. The fourth-order valence-electron chi connectivity index (χ4n) is 2.34. The van der Waals surface area contributed by atoms with Crippen molar-refractivity contribution in [1.82, 2.24) is 15.1 Å². The third-order valence-corrected chi connectivity index (χ3v) is 3.79. The molecule has 1 heterocycles. The van der Waals surface area contributed by atoms with Crippen LogP contribution in [0.1, 0.15) is 26.7 Å². The Morgan fingerprint density at radius 1 is 1.45 bits per heavy atom. The van der Waals surface area contributed by atoms with Gasteiger partial charge in [0.05, 0.1) is 6.10 Å². The van der Waals surface area contributed by atoms with Crippen molar-refractivity contribution >= 4 is 12.0 Å². The smallest absolute Gasteiger partial charge is 0.329 e. The van der Waals surface area contributed by atoms with Gasteiger partial charge in [-0.25, -0.2) is 9.59 Å². The van der Waals surface area contributed by atoms with E-state index in [-0.39, 0.29) is 12.6 Å². The minimum atomic E-state index is -1.28. The second kappa shape index (κ2) is 6.41. The minimum Gasteiger partial charge on any atom is -0.480 e. The molecule has 0 bridgehead atoms. The zero-order chi connectivity index (χ0) is 15.5. The number of nitrogens with one attached hydrogen (secondary N) is 1. The number of aliphatic hydroxyl groups excluding tert-OH is 1. The van der Waals surface area contributed by atoms with Crippen molar-refractivity contribution in [2.24, 2.45) is 0 Å². The number of likely N-dealkylation sites (N-methyl/N-ethyl adjacent to an activating group) is 1. The number of carbonyl (C=O) groups is 2. The van der Waals surface area contributed by atoms with Gasteiger partial charge in [0.15, 0.2) is 0 Å². The van der Waals surface area contributed by atoms with Crippen LogP contribution in [0.2, 0.25) is 0 Å². The Kier molecular flexibility index (Phi) is 5.35. The zero-order valence-corrected chi connectivity index (χ0v) is 12.6. The highest BCUT2D eigenvalue weighted by Gasteiger charge is 2.39. The highest BCUT2D eigenvalue weighted by Crippen LogP contribution is 2.20. The Balaban J connectivity index is 2.76. The van der Waals surface area contributed by atoms with Crippen LogP contribution < -0.4 is 5.32 Å². The Morgan fingerprint density at radius 2 is 2.05 bits per heavy atom. The number of β-amino-alcohol motifs (C(OH)–C–C–N with tert-alkyl or cyclic N) is 1. The molecule has 7 heteroatoms. The molecular formula is C13H25N3O4. The normalized spacial score (nSPS) is 25.6. The zero-order valence-electron chi connectivity index (χ0n) is 12.6. The van der Waals surface area contributed by atoms with E-state index in [0.29, 0.717) is 19.4 Å². The van der Waals surface area contributed by atoms with E-state index in [0.717, 1.165) is 0 Å². The molecule has 1 aliphatic rings. The third-order valence-electron chi connectivity index (χ3n) is 3.79. The number of nitrogens with zero attached hydrogens (tertiary/aromatic N) is 2. The van der Waals surface area contributed by atoms with E-state index in [1.165, 1.54) is 11.8 Å². The highest BCUT2D eigenvalue weighted by molar-refractivity contribution is 5.86. The summed E-state index contributed by atoms with van der Waals surface area (Å²) in [6.45, 7) is 4.08. The van der Waals surface area contributed by atoms with Gasteiger partial charge >= 0.3 is 12.0 Å². The molecule has 0 radical (unpaired) electrons. The van der Waals surface area contributed by atoms with Crippen molar-refractivity contribution in [3.05, 3.63) is 0 Å². The number of carboxylic acid groups (broad SMARTS) is 1. The number of aliphatic carboxylic acids is 1.